The van der Waals surface area contributed by atoms with Crippen LogP contribution in [0.2, 0.25) is 0 Å². The topological polar surface area (TPSA) is 68.0 Å². The van der Waals surface area contributed by atoms with E-state index in [1.807, 2.05) is 12.3 Å². The van der Waals surface area contributed by atoms with Crippen molar-refractivity contribution in [1.29, 1.82) is 0 Å². The number of carbonyl (C=O) groups is 1. The van der Waals surface area contributed by atoms with Gasteiger partial charge >= 0.3 is 0 Å². The molecule has 2 aromatic rings. The minimum atomic E-state index is -0.209. The fourth-order valence-corrected chi connectivity index (χ4v) is 2.62. The molecule has 0 fully saturated rings. The third kappa shape index (κ3) is 4.42. The van der Waals surface area contributed by atoms with Crippen molar-refractivity contribution in [2.24, 2.45) is 5.73 Å². The van der Waals surface area contributed by atoms with Gasteiger partial charge < -0.3 is 11.1 Å². The number of aromatic nitrogens is 1. The Balaban J connectivity index is 2.06. The van der Waals surface area contributed by atoms with Gasteiger partial charge in [-0.3, -0.25) is 4.79 Å². The molecule has 2 heterocycles. The van der Waals surface area contributed by atoms with Gasteiger partial charge in [0.25, 0.3) is 5.91 Å². The Morgan fingerprint density at radius 3 is 3.10 bits per heavy atom. The average Bonchev–Trinajstić information content (AvgIpc) is 2.98. The Bertz CT molecular complexity index is 656. The number of hydrogen-bond acceptors (Lipinski definition) is 4. The van der Waals surface area contributed by atoms with Crippen molar-refractivity contribution < 1.29 is 4.79 Å². The van der Waals surface area contributed by atoms with Crippen molar-refractivity contribution in [2.45, 2.75) is 19.4 Å². The van der Waals surface area contributed by atoms with Crippen LogP contribution in [0.4, 0.5) is 0 Å². The summed E-state index contributed by atoms with van der Waals surface area (Å²) >= 11 is 1.65. The lowest BCUT2D eigenvalue weighted by molar-refractivity contribution is 0.0935. The van der Waals surface area contributed by atoms with Crippen molar-refractivity contribution in [1.82, 2.24) is 10.3 Å². The highest BCUT2D eigenvalue weighted by atomic mass is 32.1. The lowest BCUT2D eigenvalue weighted by Crippen LogP contribution is -2.35. The highest BCUT2D eigenvalue weighted by Gasteiger charge is 2.14. The van der Waals surface area contributed by atoms with Gasteiger partial charge in [0.15, 0.2) is 0 Å². The summed E-state index contributed by atoms with van der Waals surface area (Å²) in [6.45, 7) is 2.23. The van der Waals surface area contributed by atoms with E-state index in [1.54, 1.807) is 29.7 Å². The maximum absolute atomic E-state index is 12.3. The van der Waals surface area contributed by atoms with Gasteiger partial charge in [-0.15, -0.1) is 0 Å². The summed E-state index contributed by atoms with van der Waals surface area (Å²) in [7, 11) is 0. The first-order chi connectivity index (χ1) is 10.2. The zero-order valence-electron chi connectivity index (χ0n) is 11.8. The van der Waals surface area contributed by atoms with E-state index in [0.717, 1.165) is 6.42 Å². The summed E-state index contributed by atoms with van der Waals surface area (Å²) in [6, 6.07) is 5.62. The zero-order chi connectivity index (χ0) is 15.1. The quantitative estimate of drug-likeness (QED) is 0.846. The molecule has 0 aliphatic heterocycles. The van der Waals surface area contributed by atoms with Crippen LogP contribution in [0.15, 0.2) is 35.2 Å². The molecule has 0 aliphatic rings. The molecule has 0 spiro atoms. The van der Waals surface area contributed by atoms with Crippen LogP contribution in [-0.4, -0.2) is 23.5 Å². The lowest BCUT2D eigenvalue weighted by Gasteiger charge is -2.13. The second kappa shape index (κ2) is 7.58. The number of amides is 1. The van der Waals surface area contributed by atoms with Gasteiger partial charge in [-0.2, -0.15) is 11.3 Å². The fraction of sp³-hybridized carbons (Fsp3) is 0.250. The number of rotatable bonds is 4. The van der Waals surface area contributed by atoms with E-state index in [1.165, 1.54) is 5.56 Å². The molecule has 3 N–H and O–H groups in total. The number of carbonyl (C=O) groups excluding carboxylic acids is 1. The minimum Gasteiger partial charge on any atom is -0.348 e. The largest absolute Gasteiger partial charge is 0.348 e. The second-order valence-electron chi connectivity index (χ2n) is 4.62. The summed E-state index contributed by atoms with van der Waals surface area (Å²) in [4.78, 5) is 16.4. The number of nitrogens with two attached hydrogens (primary N) is 1. The molecule has 0 radical (unpaired) electrons. The normalized spacial score (nSPS) is 11.3. The number of thiophene rings is 1. The first-order valence-electron chi connectivity index (χ1n) is 6.66. The van der Waals surface area contributed by atoms with Crippen LogP contribution in [0.1, 0.15) is 28.5 Å². The van der Waals surface area contributed by atoms with Crippen molar-refractivity contribution >= 4 is 17.2 Å². The Labute approximate surface area is 128 Å². The molecule has 1 atom stereocenters. The Morgan fingerprint density at radius 1 is 1.52 bits per heavy atom. The van der Waals surface area contributed by atoms with E-state index in [-0.39, 0.29) is 18.5 Å². The third-order valence-electron chi connectivity index (χ3n) is 2.85. The standard InChI is InChI=1S/C16H17N3OS/c1-12(10-13-6-9-21-11-13)19-16(20)15-14(4-2-7-17)5-3-8-18-15/h3,5-6,8-9,11-12H,7,10,17H2,1H3,(H,19,20). The van der Waals surface area contributed by atoms with E-state index in [9.17, 15) is 4.79 Å². The van der Waals surface area contributed by atoms with Crippen LogP contribution < -0.4 is 11.1 Å². The molecule has 21 heavy (non-hydrogen) atoms. The highest BCUT2D eigenvalue weighted by Crippen LogP contribution is 2.09. The molecule has 4 nitrogen and oxygen atoms in total. The smallest absolute Gasteiger partial charge is 0.271 e. The van der Waals surface area contributed by atoms with E-state index in [4.69, 9.17) is 5.73 Å². The predicted molar refractivity (Wildman–Crippen MR) is 85.1 cm³/mol. The number of nitrogens with zero attached hydrogens (tertiary/aromatic N) is 1. The molecule has 1 unspecified atom stereocenters. The van der Waals surface area contributed by atoms with Gasteiger partial charge in [0.05, 0.1) is 12.1 Å². The monoisotopic (exact) mass is 299 g/mol. The third-order valence-corrected chi connectivity index (χ3v) is 3.58. The van der Waals surface area contributed by atoms with Crippen LogP contribution in [0.25, 0.3) is 0 Å². The van der Waals surface area contributed by atoms with Crippen LogP contribution in [0.5, 0.6) is 0 Å². The van der Waals surface area contributed by atoms with Gasteiger partial charge in [-0.25, -0.2) is 4.98 Å². The Morgan fingerprint density at radius 2 is 2.38 bits per heavy atom. The first kappa shape index (κ1) is 15.2. The molecule has 2 aromatic heterocycles. The molecule has 0 aromatic carbocycles. The Kier molecular flexibility index (Phi) is 5.50. The average molecular weight is 299 g/mol. The van der Waals surface area contributed by atoms with Gasteiger partial charge in [0, 0.05) is 12.2 Å². The Hall–Kier alpha value is -2.16. The lowest BCUT2D eigenvalue weighted by atomic mass is 10.1. The van der Waals surface area contributed by atoms with Crippen molar-refractivity contribution in [3.63, 3.8) is 0 Å². The molecule has 2 rings (SSSR count). The molecule has 1 amide bonds. The maximum atomic E-state index is 12.3. The predicted octanol–water partition coefficient (Wildman–Crippen LogP) is 1.81. The molecule has 0 aliphatic carbocycles. The van der Waals surface area contributed by atoms with Crippen LogP contribution >= 0.6 is 11.3 Å². The molecular weight excluding hydrogens is 282 g/mol. The van der Waals surface area contributed by atoms with Crippen LogP contribution in [0.3, 0.4) is 0 Å². The first-order valence-corrected chi connectivity index (χ1v) is 7.61. The van der Waals surface area contributed by atoms with Crippen molar-refractivity contribution in [3.8, 4) is 11.8 Å². The summed E-state index contributed by atoms with van der Waals surface area (Å²) < 4.78 is 0. The van der Waals surface area contributed by atoms with E-state index < -0.39 is 0 Å². The van der Waals surface area contributed by atoms with E-state index in [0.29, 0.717) is 11.3 Å². The van der Waals surface area contributed by atoms with Crippen LogP contribution in [0, 0.1) is 11.8 Å². The SMILES string of the molecule is CC(Cc1ccsc1)NC(=O)c1ncccc1C#CCN. The zero-order valence-corrected chi connectivity index (χ0v) is 12.6. The molecular formula is C16H17N3OS. The van der Waals surface area contributed by atoms with Crippen molar-refractivity contribution in [3.05, 3.63) is 52.0 Å². The summed E-state index contributed by atoms with van der Waals surface area (Å²) in [6.07, 6.45) is 2.39. The number of hydrogen-bond donors (Lipinski definition) is 2. The number of pyridine rings is 1. The van der Waals surface area contributed by atoms with E-state index in [2.05, 4.69) is 33.6 Å². The fourth-order valence-electron chi connectivity index (χ4n) is 1.94. The van der Waals surface area contributed by atoms with E-state index >= 15 is 0 Å². The van der Waals surface area contributed by atoms with Gasteiger partial charge in [-0.05, 0) is 47.9 Å². The molecule has 0 saturated heterocycles. The molecule has 0 bridgehead atoms. The minimum absolute atomic E-state index is 0.0319. The maximum Gasteiger partial charge on any atom is 0.271 e. The van der Waals surface area contributed by atoms with Gasteiger partial charge in [0.1, 0.15) is 5.69 Å². The number of nitrogens with one attached hydrogen (secondary N) is 1. The second-order valence-corrected chi connectivity index (χ2v) is 5.40. The summed E-state index contributed by atoms with van der Waals surface area (Å²) in [5.74, 6) is 5.42. The summed E-state index contributed by atoms with van der Waals surface area (Å²) in [5, 5.41) is 7.07. The highest BCUT2D eigenvalue weighted by molar-refractivity contribution is 7.07. The molecule has 108 valence electrons. The van der Waals surface area contributed by atoms with Crippen molar-refractivity contribution in [2.75, 3.05) is 6.54 Å². The van der Waals surface area contributed by atoms with Gasteiger partial charge in [-0.1, -0.05) is 11.8 Å². The molecule has 5 heteroatoms. The van der Waals surface area contributed by atoms with Gasteiger partial charge in [0.2, 0.25) is 0 Å². The van der Waals surface area contributed by atoms with Crippen LogP contribution in [-0.2, 0) is 6.42 Å². The molecule has 0 saturated carbocycles. The summed E-state index contributed by atoms with van der Waals surface area (Å²) in [5.41, 5.74) is 7.53.